The van der Waals surface area contributed by atoms with Crippen molar-refractivity contribution in [1.29, 1.82) is 0 Å². The fourth-order valence-corrected chi connectivity index (χ4v) is 4.10. The summed E-state index contributed by atoms with van der Waals surface area (Å²) >= 11 is 11.6. The maximum Gasteiger partial charge on any atom is 0.0503 e. The molecule has 1 N–H and O–H groups in total. The van der Waals surface area contributed by atoms with Gasteiger partial charge in [-0.1, -0.05) is 47.4 Å². The zero-order valence-corrected chi connectivity index (χ0v) is 14.2. The monoisotopic (exact) mass is 357 g/mol. The summed E-state index contributed by atoms with van der Waals surface area (Å²) in [6.45, 7) is 5.34. The van der Waals surface area contributed by atoms with Gasteiger partial charge in [-0.05, 0) is 37.2 Å². The zero-order chi connectivity index (χ0) is 13.8. The van der Waals surface area contributed by atoms with Gasteiger partial charge in [-0.2, -0.15) is 0 Å². The lowest BCUT2D eigenvalue weighted by atomic mass is 10.1. The first-order valence-electron chi connectivity index (χ1n) is 6.44. The van der Waals surface area contributed by atoms with Gasteiger partial charge in [-0.3, -0.25) is 0 Å². The number of hydrogen-bond acceptors (Lipinski definition) is 2. The SMILES string of the molecule is CCNC(CC)c1ccc(-c2ccc(Br)cc2Cl)s1. The molecule has 0 bridgehead atoms. The minimum Gasteiger partial charge on any atom is -0.310 e. The Labute approximate surface area is 132 Å². The normalized spacial score (nSPS) is 12.6. The van der Waals surface area contributed by atoms with E-state index in [2.05, 4.69) is 53.3 Å². The molecule has 2 aromatic rings. The Kier molecular flexibility index (Phi) is 5.46. The quantitative estimate of drug-likeness (QED) is 0.702. The molecule has 0 amide bonds. The Bertz CT molecular complexity index is 553. The zero-order valence-electron chi connectivity index (χ0n) is 11.0. The molecule has 19 heavy (non-hydrogen) atoms. The van der Waals surface area contributed by atoms with Crippen LogP contribution in [0.5, 0.6) is 0 Å². The largest absolute Gasteiger partial charge is 0.310 e. The molecule has 0 aliphatic rings. The highest BCUT2D eigenvalue weighted by Crippen LogP contribution is 2.37. The standard InChI is InChI=1S/C15H17BrClNS/c1-3-13(18-4-2)15-8-7-14(19-15)11-6-5-10(16)9-12(11)17/h5-9,13,18H,3-4H2,1-2H3. The van der Waals surface area contributed by atoms with Crippen molar-refractivity contribution in [3.05, 3.63) is 44.7 Å². The third-order valence-corrected chi connectivity index (χ3v) is 5.06. The number of halogens is 2. The van der Waals surface area contributed by atoms with E-state index in [4.69, 9.17) is 11.6 Å². The second kappa shape index (κ2) is 6.89. The van der Waals surface area contributed by atoms with Gasteiger partial charge < -0.3 is 5.32 Å². The van der Waals surface area contributed by atoms with Crippen molar-refractivity contribution in [3.63, 3.8) is 0 Å². The van der Waals surface area contributed by atoms with Gasteiger partial charge in [0.05, 0.1) is 5.02 Å². The van der Waals surface area contributed by atoms with Crippen LogP contribution in [0.1, 0.15) is 31.2 Å². The summed E-state index contributed by atoms with van der Waals surface area (Å²) in [5.74, 6) is 0. The molecular weight excluding hydrogens is 342 g/mol. The lowest BCUT2D eigenvalue weighted by Gasteiger charge is -2.13. The molecule has 4 heteroatoms. The first-order chi connectivity index (χ1) is 9.15. The molecule has 0 aliphatic heterocycles. The van der Waals surface area contributed by atoms with E-state index in [1.165, 1.54) is 9.75 Å². The van der Waals surface area contributed by atoms with Crippen LogP contribution in [0.4, 0.5) is 0 Å². The van der Waals surface area contributed by atoms with Crippen molar-refractivity contribution < 1.29 is 0 Å². The number of rotatable bonds is 5. The van der Waals surface area contributed by atoms with Gasteiger partial charge in [0.2, 0.25) is 0 Å². The van der Waals surface area contributed by atoms with Gasteiger partial charge in [0, 0.05) is 25.8 Å². The lowest BCUT2D eigenvalue weighted by Crippen LogP contribution is -2.18. The van der Waals surface area contributed by atoms with Gasteiger partial charge >= 0.3 is 0 Å². The van der Waals surface area contributed by atoms with Crippen LogP contribution in [0.2, 0.25) is 5.02 Å². The highest BCUT2D eigenvalue weighted by atomic mass is 79.9. The third-order valence-electron chi connectivity index (χ3n) is 3.03. The average Bonchev–Trinajstić information content (AvgIpc) is 2.85. The van der Waals surface area contributed by atoms with Crippen molar-refractivity contribution >= 4 is 38.9 Å². The van der Waals surface area contributed by atoms with Crippen molar-refractivity contribution in [2.45, 2.75) is 26.3 Å². The lowest BCUT2D eigenvalue weighted by molar-refractivity contribution is 0.545. The summed E-state index contributed by atoms with van der Waals surface area (Å²) in [5.41, 5.74) is 1.10. The van der Waals surface area contributed by atoms with E-state index in [1.807, 2.05) is 23.5 Å². The van der Waals surface area contributed by atoms with Gasteiger partial charge in [-0.15, -0.1) is 11.3 Å². The molecule has 0 saturated carbocycles. The Hall–Kier alpha value is -0.350. The highest BCUT2D eigenvalue weighted by molar-refractivity contribution is 9.10. The molecule has 1 aromatic carbocycles. The molecule has 0 saturated heterocycles. The van der Waals surface area contributed by atoms with E-state index in [-0.39, 0.29) is 0 Å². The van der Waals surface area contributed by atoms with Crippen molar-refractivity contribution in [2.24, 2.45) is 0 Å². The maximum atomic E-state index is 6.31. The van der Waals surface area contributed by atoms with Crippen LogP contribution >= 0.6 is 38.9 Å². The molecule has 1 heterocycles. The molecule has 0 spiro atoms. The molecule has 1 aromatic heterocycles. The summed E-state index contributed by atoms with van der Waals surface area (Å²) in [7, 11) is 0. The van der Waals surface area contributed by atoms with Crippen LogP contribution in [-0.2, 0) is 0 Å². The molecule has 0 aliphatic carbocycles. The van der Waals surface area contributed by atoms with Gasteiger partial charge in [0.15, 0.2) is 0 Å². The summed E-state index contributed by atoms with van der Waals surface area (Å²) in [4.78, 5) is 2.60. The summed E-state index contributed by atoms with van der Waals surface area (Å²) in [5, 5.41) is 4.30. The first-order valence-corrected chi connectivity index (χ1v) is 8.43. The van der Waals surface area contributed by atoms with Crippen LogP contribution in [-0.4, -0.2) is 6.54 Å². The molecule has 1 nitrogen and oxygen atoms in total. The van der Waals surface area contributed by atoms with E-state index >= 15 is 0 Å². The van der Waals surface area contributed by atoms with Crippen molar-refractivity contribution in [1.82, 2.24) is 5.32 Å². The topological polar surface area (TPSA) is 12.0 Å². The third kappa shape index (κ3) is 3.60. The van der Waals surface area contributed by atoms with Gasteiger partial charge in [-0.25, -0.2) is 0 Å². The average molecular weight is 359 g/mol. The molecular formula is C15H17BrClNS. The van der Waals surface area contributed by atoms with Crippen molar-refractivity contribution in [3.8, 4) is 10.4 Å². The van der Waals surface area contributed by atoms with E-state index in [1.54, 1.807) is 0 Å². The van der Waals surface area contributed by atoms with E-state index in [0.29, 0.717) is 6.04 Å². The van der Waals surface area contributed by atoms with Crippen LogP contribution in [0.3, 0.4) is 0 Å². The Morgan fingerprint density at radius 3 is 2.68 bits per heavy atom. The van der Waals surface area contributed by atoms with E-state index in [0.717, 1.165) is 28.0 Å². The maximum absolute atomic E-state index is 6.31. The Morgan fingerprint density at radius 1 is 1.26 bits per heavy atom. The fraction of sp³-hybridized carbons (Fsp3) is 0.333. The molecule has 1 atom stereocenters. The minimum absolute atomic E-state index is 0.443. The molecule has 102 valence electrons. The van der Waals surface area contributed by atoms with Gasteiger partial charge in [0.1, 0.15) is 0 Å². The minimum atomic E-state index is 0.443. The summed E-state index contributed by atoms with van der Waals surface area (Å²) in [6.07, 6.45) is 1.10. The van der Waals surface area contributed by atoms with Crippen LogP contribution in [0.25, 0.3) is 10.4 Å². The van der Waals surface area contributed by atoms with Crippen LogP contribution < -0.4 is 5.32 Å². The number of thiophene rings is 1. The predicted molar refractivity (Wildman–Crippen MR) is 89.2 cm³/mol. The fourth-order valence-electron chi connectivity index (χ4n) is 2.07. The predicted octanol–water partition coefficient (Wildman–Crippen LogP) is 5.89. The second-order valence-electron chi connectivity index (χ2n) is 4.34. The Morgan fingerprint density at radius 2 is 2.05 bits per heavy atom. The molecule has 0 radical (unpaired) electrons. The number of hydrogen-bond donors (Lipinski definition) is 1. The van der Waals surface area contributed by atoms with E-state index in [9.17, 15) is 0 Å². The second-order valence-corrected chi connectivity index (χ2v) is 6.78. The summed E-state index contributed by atoms with van der Waals surface area (Å²) < 4.78 is 1.01. The van der Waals surface area contributed by atoms with Crippen molar-refractivity contribution in [2.75, 3.05) is 6.54 Å². The van der Waals surface area contributed by atoms with Crippen LogP contribution in [0, 0.1) is 0 Å². The highest BCUT2D eigenvalue weighted by Gasteiger charge is 2.13. The smallest absolute Gasteiger partial charge is 0.0503 e. The summed E-state index contributed by atoms with van der Waals surface area (Å²) in [6, 6.07) is 10.8. The Balaban J connectivity index is 2.29. The first kappa shape index (κ1) is 15.0. The molecule has 2 rings (SSSR count). The molecule has 0 fully saturated rings. The number of benzene rings is 1. The van der Waals surface area contributed by atoms with Crippen LogP contribution in [0.15, 0.2) is 34.8 Å². The van der Waals surface area contributed by atoms with E-state index < -0.39 is 0 Å². The van der Waals surface area contributed by atoms with Gasteiger partial charge in [0.25, 0.3) is 0 Å². The molecule has 1 unspecified atom stereocenters. The number of nitrogens with one attached hydrogen (secondary N) is 1.